The molecule has 0 aromatic carbocycles. The van der Waals surface area contributed by atoms with Gasteiger partial charge >= 0.3 is 0 Å². The SMILES string of the molecule is CC(C)OCC(O)CNc1cccnc1OC(C)C. The van der Waals surface area contributed by atoms with Crippen LogP contribution in [0.1, 0.15) is 27.7 Å². The zero-order chi connectivity index (χ0) is 14.3. The first kappa shape index (κ1) is 15.7. The largest absolute Gasteiger partial charge is 0.473 e. The van der Waals surface area contributed by atoms with Crippen LogP contribution >= 0.6 is 0 Å². The minimum atomic E-state index is -0.561. The normalized spacial score (nSPS) is 12.8. The fourth-order valence-corrected chi connectivity index (χ4v) is 1.43. The molecule has 0 amide bonds. The quantitative estimate of drug-likeness (QED) is 0.755. The number of aromatic nitrogens is 1. The lowest BCUT2D eigenvalue weighted by Gasteiger charge is -2.17. The second-order valence-corrected chi connectivity index (χ2v) is 4.94. The molecule has 19 heavy (non-hydrogen) atoms. The summed E-state index contributed by atoms with van der Waals surface area (Å²) in [4.78, 5) is 4.17. The number of pyridine rings is 1. The maximum Gasteiger partial charge on any atom is 0.237 e. The molecule has 5 heteroatoms. The first-order valence-electron chi connectivity index (χ1n) is 6.64. The summed E-state index contributed by atoms with van der Waals surface area (Å²) in [6.07, 6.45) is 1.30. The van der Waals surface area contributed by atoms with E-state index in [4.69, 9.17) is 9.47 Å². The van der Waals surface area contributed by atoms with E-state index in [9.17, 15) is 5.11 Å². The third kappa shape index (κ3) is 6.40. The van der Waals surface area contributed by atoms with Crippen molar-refractivity contribution in [3.63, 3.8) is 0 Å². The molecule has 0 aliphatic carbocycles. The number of aliphatic hydroxyl groups excluding tert-OH is 1. The topological polar surface area (TPSA) is 63.6 Å². The summed E-state index contributed by atoms with van der Waals surface area (Å²) in [6, 6.07) is 3.70. The smallest absolute Gasteiger partial charge is 0.237 e. The van der Waals surface area contributed by atoms with Crippen molar-refractivity contribution in [2.24, 2.45) is 0 Å². The van der Waals surface area contributed by atoms with Crippen molar-refractivity contribution < 1.29 is 14.6 Å². The Labute approximate surface area is 115 Å². The zero-order valence-electron chi connectivity index (χ0n) is 12.1. The molecule has 1 aromatic heterocycles. The van der Waals surface area contributed by atoms with Gasteiger partial charge < -0.3 is 19.9 Å². The molecule has 0 fully saturated rings. The first-order chi connectivity index (χ1) is 8.99. The minimum absolute atomic E-state index is 0.0599. The summed E-state index contributed by atoms with van der Waals surface area (Å²) in [5.74, 6) is 0.550. The molecule has 1 heterocycles. The number of nitrogens with one attached hydrogen (secondary N) is 1. The van der Waals surface area contributed by atoms with Crippen molar-refractivity contribution in [1.29, 1.82) is 0 Å². The summed E-state index contributed by atoms with van der Waals surface area (Å²) in [6.45, 7) is 8.48. The van der Waals surface area contributed by atoms with Gasteiger partial charge in [-0.2, -0.15) is 0 Å². The van der Waals surface area contributed by atoms with E-state index >= 15 is 0 Å². The molecule has 1 rings (SSSR count). The van der Waals surface area contributed by atoms with Gasteiger partial charge in [0.15, 0.2) is 0 Å². The Morgan fingerprint density at radius 3 is 2.63 bits per heavy atom. The van der Waals surface area contributed by atoms with Gasteiger partial charge in [0.2, 0.25) is 5.88 Å². The van der Waals surface area contributed by atoms with E-state index in [1.165, 1.54) is 0 Å². The van der Waals surface area contributed by atoms with Crippen molar-refractivity contribution in [2.45, 2.75) is 46.0 Å². The average Bonchev–Trinajstić information content (AvgIpc) is 2.34. The Bertz CT molecular complexity index is 369. The first-order valence-corrected chi connectivity index (χ1v) is 6.64. The Morgan fingerprint density at radius 2 is 2.00 bits per heavy atom. The van der Waals surface area contributed by atoms with Gasteiger partial charge in [-0.1, -0.05) is 0 Å². The third-order valence-corrected chi connectivity index (χ3v) is 2.27. The van der Waals surface area contributed by atoms with E-state index < -0.39 is 6.10 Å². The molecular weight excluding hydrogens is 244 g/mol. The van der Waals surface area contributed by atoms with E-state index in [0.717, 1.165) is 5.69 Å². The van der Waals surface area contributed by atoms with Crippen molar-refractivity contribution in [3.05, 3.63) is 18.3 Å². The van der Waals surface area contributed by atoms with Crippen molar-refractivity contribution in [3.8, 4) is 5.88 Å². The number of anilines is 1. The highest BCUT2D eigenvalue weighted by atomic mass is 16.5. The number of hydrogen-bond donors (Lipinski definition) is 2. The lowest BCUT2D eigenvalue weighted by atomic mass is 10.3. The van der Waals surface area contributed by atoms with Crippen LogP contribution in [0.5, 0.6) is 5.88 Å². The fourth-order valence-electron chi connectivity index (χ4n) is 1.43. The molecule has 2 N–H and O–H groups in total. The highest BCUT2D eigenvalue weighted by Crippen LogP contribution is 2.21. The van der Waals surface area contributed by atoms with E-state index in [-0.39, 0.29) is 12.2 Å². The van der Waals surface area contributed by atoms with Gasteiger partial charge in [0.25, 0.3) is 0 Å². The van der Waals surface area contributed by atoms with E-state index in [2.05, 4.69) is 10.3 Å². The van der Waals surface area contributed by atoms with Crippen molar-refractivity contribution in [1.82, 2.24) is 4.98 Å². The van der Waals surface area contributed by atoms with Crippen LogP contribution in [0.3, 0.4) is 0 Å². The van der Waals surface area contributed by atoms with Crippen LogP contribution in [0, 0.1) is 0 Å². The Kier molecular flexibility index (Phi) is 6.59. The predicted octanol–water partition coefficient (Wildman–Crippen LogP) is 2.07. The zero-order valence-corrected chi connectivity index (χ0v) is 12.1. The molecule has 0 bridgehead atoms. The van der Waals surface area contributed by atoms with Crippen molar-refractivity contribution >= 4 is 5.69 Å². The molecule has 5 nitrogen and oxygen atoms in total. The number of aliphatic hydroxyl groups is 1. The number of nitrogens with zero attached hydrogens (tertiary/aromatic N) is 1. The predicted molar refractivity (Wildman–Crippen MR) is 75.6 cm³/mol. The molecule has 0 aliphatic rings. The second-order valence-electron chi connectivity index (χ2n) is 4.94. The molecule has 108 valence electrons. The van der Waals surface area contributed by atoms with Crippen molar-refractivity contribution in [2.75, 3.05) is 18.5 Å². The van der Waals surface area contributed by atoms with Gasteiger partial charge in [-0.05, 0) is 39.8 Å². The Balaban J connectivity index is 2.48. The van der Waals surface area contributed by atoms with Gasteiger partial charge in [0, 0.05) is 12.7 Å². The molecule has 1 atom stereocenters. The minimum Gasteiger partial charge on any atom is -0.473 e. The molecule has 1 aromatic rings. The van der Waals surface area contributed by atoms with E-state index in [1.807, 2.05) is 39.8 Å². The summed E-state index contributed by atoms with van der Waals surface area (Å²) in [5, 5.41) is 12.9. The van der Waals surface area contributed by atoms with Crippen LogP contribution in [0.25, 0.3) is 0 Å². The summed E-state index contributed by atoms with van der Waals surface area (Å²) in [7, 11) is 0. The standard InChI is InChI=1S/C14H24N2O3/c1-10(2)18-9-12(17)8-16-13-6-5-7-15-14(13)19-11(3)4/h5-7,10-12,16-17H,8-9H2,1-4H3. The molecule has 0 spiro atoms. The Hall–Kier alpha value is -1.33. The van der Waals surface area contributed by atoms with Gasteiger partial charge in [-0.25, -0.2) is 4.98 Å². The lowest BCUT2D eigenvalue weighted by Crippen LogP contribution is -2.26. The van der Waals surface area contributed by atoms with Crippen LogP contribution in [0.15, 0.2) is 18.3 Å². The van der Waals surface area contributed by atoms with Gasteiger partial charge in [-0.3, -0.25) is 0 Å². The van der Waals surface area contributed by atoms with Crippen LogP contribution < -0.4 is 10.1 Å². The number of ether oxygens (including phenoxy) is 2. The fraction of sp³-hybridized carbons (Fsp3) is 0.643. The summed E-state index contributed by atoms with van der Waals surface area (Å²) >= 11 is 0. The second kappa shape index (κ2) is 7.96. The van der Waals surface area contributed by atoms with Crippen LogP contribution in [0.2, 0.25) is 0 Å². The van der Waals surface area contributed by atoms with Gasteiger partial charge in [0.1, 0.15) is 0 Å². The van der Waals surface area contributed by atoms with Gasteiger partial charge in [-0.15, -0.1) is 0 Å². The summed E-state index contributed by atoms with van der Waals surface area (Å²) < 4.78 is 10.9. The monoisotopic (exact) mass is 268 g/mol. The highest BCUT2D eigenvalue weighted by molar-refractivity contribution is 5.52. The van der Waals surface area contributed by atoms with Gasteiger partial charge in [0.05, 0.1) is 30.6 Å². The van der Waals surface area contributed by atoms with Crippen LogP contribution in [-0.2, 0) is 4.74 Å². The molecular formula is C14H24N2O3. The molecule has 0 saturated heterocycles. The van der Waals surface area contributed by atoms with E-state index in [0.29, 0.717) is 19.0 Å². The highest BCUT2D eigenvalue weighted by Gasteiger charge is 2.09. The van der Waals surface area contributed by atoms with Crippen LogP contribution in [0.4, 0.5) is 5.69 Å². The molecule has 1 unspecified atom stereocenters. The molecule has 0 saturated carbocycles. The summed E-state index contributed by atoms with van der Waals surface area (Å²) in [5.41, 5.74) is 0.778. The van der Waals surface area contributed by atoms with Crippen LogP contribution in [-0.4, -0.2) is 41.6 Å². The lowest BCUT2D eigenvalue weighted by molar-refractivity contribution is 0.0112. The third-order valence-electron chi connectivity index (χ3n) is 2.27. The maximum absolute atomic E-state index is 9.78. The number of hydrogen-bond acceptors (Lipinski definition) is 5. The van der Waals surface area contributed by atoms with E-state index in [1.54, 1.807) is 6.20 Å². The molecule has 0 aliphatic heterocycles. The maximum atomic E-state index is 9.78. The Morgan fingerprint density at radius 1 is 1.26 bits per heavy atom. The molecule has 0 radical (unpaired) electrons. The average molecular weight is 268 g/mol. The number of rotatable bonds is 8.